The number of benzene rings is 2. The van der Waals surface area contributed by atoms with Crippen LogP contribution in [-0.2, 0) is 9.36 Å². The number of esters is 1. The number of phosphoric acid groups is 1. The van der Waals surface area contributed by atoms with Gasteiger partial charge in [-0.3, -0.25) is 9.79 Å². The standard InChI is InChI=1S/C18H19O6P/c1-12(2)18(19)23-17-7-5-4-6-16(17)13(3)14-8-10-15(11-9-14)24-25(20,21)22/h4-11,13H,1H2,2-3H3,(H2,20,21,22). The second-order valence-electron chi connectivity index (χ2n) is 5.58. The second kappa shape index (κ2) is 7.66. The molecule has 0 aliphatic carbocycles. The molecule has 0 saturated heterocycles. The molecule has 0 saturated carbocycles. The quantitative estimate of drug-likeness (QED) is 0.351. The zero-order valence-corrected chi connectivity index (χ0v) is 14.8. The molecule has 132 valence electrons. The van der Waals surface area contributed by atoms with E-state index < -0.39 is 13.8 Å². The molecular formula is C18H19O6P. The van der Waals surface area contributed by atoms with Crippen molar-refractivity contribution >= 4 is 13.8 Å². The molecule has 0 aliphatic rings. The molecule has 0 amide bonds. The highest BCUT2D eigenvalue weighted by atomic mass is 31.2. The molecule has 1 atom stereocenters. The maximum atomic E-state index is 11.8. The van der Waals surface area contributed by atoms with Crippen LogP contribution < -0.4 is 9.26 Å². The van der Waals surface area contributed by atoms with E-state index in [1.54, 1.807) is 31.2 Å². The first-order valence-electron chi connectivity index (χ1n) is 7.49. The van der Waals surface area contributed by atoms with E-state index in [-0.39, 0.29) is 11.7 Å². The van der Waals surface area contributed by atoms with Gasteiger partial charge in [-0.2, -0.15) is 0 Å². The lowest BCUT2D eigenvalue weighted by atomic mass is 9.92. The van der Waals surface area contributed by atoms with Crippen LogP contribution in [-0.4, -0.2) is 15.8 Å². The van der Waals surface area contributed by atoms with E-state index in [4.69, 9.17) is 14.5 Å². The van der Waals surface area contributed by atoms with Gasteiger partial charge in [0.2, 0.25) is 0 Å². The Hall–Kier alpha value is -2.40. The summed E-state index contributed by atoms with van der Waals surface area (Å²) in [6, 6.07) is 13.5. The van der Waals surface area contributed by atoms with Crippen molar-refractivity contribution < 1.29 is 28.4 Å². The summed E-state index contributed by atoms with van der Waals surface area (Å²) in [5.74, 6) is -0.0897. The third-order valence-corrected chi connectivity index (χ3v) is 3.99. The Morgan fingerprint density at radius 2 is 1.72 bits per heavy atom. The van der Waals surface area contributed by atoms with Crippen LogP contribution >= 0.6 is 7.82 Å². The highest BCUT2D eigenvalue weighted by Crippen LogP contribution is 2.38. The number of rotatable bonds is 6. The summed E-state index contributed by atoms with van der Waals surface area (Å²) in [5, 5.41) is 0. The molecule has 0 spiro atoms. The van der Waals surface area contributed by atoms with Crippen molar-refractivity contribution in [3.8, 4) is 11.5 Å². The lowest BCUT2D eigenvalue weighted by Gasteiger charge is -2.17. The number of hydrogen-bond donors (Lipinski definition) is 2. The third-order valence-electron chi connectivity index (χ3n) is 3.54. The summed E-state index contributed by atoms with van der Waals surface area (Å²) in [4.78, 5) is 29.4. The Morgan fingerprint density at radius 1 is 1.12 bits per heavy atom. The number of carbonyl (C=O) groups is 1. The van der Waals surface area contributed by atoms with Crippen LogP contribution in [0.25, 0.3) is 0 Å². The smallest absolute Gasteiger partial charge is 0.423 e. The van der Waals surface area contributed by atoms with Crippen molar-refractivity contribution in [3.05, 3.63) is 71.8 Å². The van der Waals surface area contributed by atoms with Crippen LogP contribution in [0.3, 0.4) is 0 Å². The Balaban J connectivity index is 2.26. The predicted octanol–water partition coefficient (Wildman–Crippen LogP) is 3.79. The average Bonchev–Trinajstić information content (AvgIpc) is 2.54. The fraction of sp³-hybridized carbons (Fsp3) is 0.167. The van der Waals surface area contributed by atoms with E-state index >= 15 is 0 Å². The van der Waals surface area contributed by atoms with Crippen molar-refractivity contribution in [2.45, 2.75) is 19.8 Å². The van der Waals surface area contributed by atoms with E-state index in [1.165, 1.54) is 12.1 Å². The van der Waals surface area contributed by atoms with Crippen molar-refractivity contribution in [3.63, 3.8) is 0 Å². The van der Waals surface area contributed by atoms with Crippen LogP contribution in [0.5, 0.6) is 11.5 Å². The molecule has 0 aliphatic heterocycles. The molecule has 0 fully saturated rings. The normalized spacial score (nSPS) is 12.3. The summed E-state index contributed by atoms with van der Waals surface area (Å²) in [7, 11) is -4.58. The Bertz CT molecular complexity index is 822. The van der Waals surface area contributed by atoms with Gasteiger partial charge in [0.25, 0.3) is 0 Å². The van der Waals surface area contributed by atoms with E-state index in [2.05, 4.69) is 11.1 Å². The van der Waals surface area contributed by atoms with Gasteiger partial charge in [0.1, 0.15) is 11.5 Å². The van der Waals surface area contributed by atoms with Crippen LogP contribution in [0.1, 0.15) is 30.9 Å². The van der Waals surface area contributed by atoms with Gasteiger partial charge in [0, 0.05) is 17.1 Å². The minimum atomic E-state index is -4.58. The van der Waals surface area contributed by atoms with Crippen LogP contribution in [0.4, 0.5) is 0 Å². The Labute approximate surface area is 146 Å². The first-order chi connectivity index (χ1) is 11.7. The van der Waals surface area contributed by atoms with Crippen molar-refractivity contribution in [2.24, 2.45) is 0 Å². The zero-order chi connectivity index (χ0) is 18.6. The molecule has 0 bridgehead atoms. The van der Waals surface area contributed by atoms with Crippen molar-refractivity contribution in [1.82, 2.24) is 0 Å². The average molecular weight is 362 g/mol. The predicted molar refractivity (Wildman–Crippen MR) is 93.5 cm³/mol. The topological polar surface area (TPSA) is 93.1 Å². The number of ether oxygens (including phenoxy) is 1. The monoisotopic (exact) mass is 362 g/mol. The summed E-state index contributed by atoms with van der Waals surface area (Å²) in [5.41, 5.74) is 1.99. The molecule has 0 aromatic heterocycles. The molecular weight excluding hydrogens is 343 g/mol. The van der Waals surface area contributed by atoms with E-state index in [0.29, 0.717) is 11.3 Å². The highest BCUT2D eigenvalue weighted by molar-refractivity contribution is 7.46. The summed E-state index contributed by atoms with van der Waals surface area (Å²) < 4.78 is 20.8. The summed E-state index contributed by atoms with van der Waals surface area (Å²) in [6.45, 7) is 7.08. The van der Waals surface area contributed by atoms with Crippen molar-refractivity contribution in [1.29, 1.82) is 0 Å². The van der Waals surface area contributed by atoms with Gasteiger partial charge in [-0.15, -0.1) is 0 Å². The van der Waals surface area contributed by atoms with Crippen molar-refractivity contribution in [2.75, 3.05) is 0 Å². The maximum absolute atomic E-state index is 11.8. The van der Waals surface area contributed by atoms with Gasteiger partial charge in [0.05, 0.1) is 0 Å². The first-order valence-corrected chi connectivity index (χ1v) is 9.02. The third kappa shape index (κ3) is 5.29. The fourth-order valence-corrected chi connectivity index (χ4v) is 2.65. The van der Waals surface area contributed by atoms with E-state index in [1.807, 2.05) is 19.1 Å². The summed E-state index contributed by atoms with van der Waals surface area (Å²) >= 11 is 0. The van der Waals surface area contributed by atoms with Crippen LogP contribution in [0.2, 0.25) is 0 Å². The Morgan fingerprint density at radius 3 is 2.28 bits per heavy atom. The van der Waals surface area contributed by atoms with E-state index in [0.717, 1.165) is 11.1 Å². The molecule has 0 heterocycles. The zero-order valence-electron chi connectivity index (χ0n) is 13.9. The molecule has 6 nitrogen and oxygen atoms in total. The van der Waals surface area contributed by atoms with Gasteiger partial charge in [-0.05, 0) is 30.7 Å². The van der Waals surface area contributed by atoms with Gasteiger partial charge in [-0.1, -0.05) is 43.8 Å². The largest absolute Gasteiger partial charge is 0.524 e. The molecule has 2 N–H and O–H groups in total. The Kier molecular flexibility index (Phi) is 5.80. The first kappa shape index (κ1) is 18.9. The number of hydrogen-bond acceptors (Lipinski definition) is 4. The lowest BCUT2D eigenvalue weighted by molar-refractivity contribution is -0.130. The van der Waals surface area contributed by atoms with Crippen LogP contribution in [0, 0.1) is 0 Å². The van der Waals surface area contributed by atoms with Crippen LogP contribution in [0.15, 0.2) is 60.7 Å². The molecule has 7 heteroatoms. The second-order valence-corrected chi connectivity index (χ2v) is 6.74. The SMILES string of the molecule is C=C(C)C(=O)Oc1ccccc1C(C)c1ccc(OP(=O)(O)O)cc1. The number of para-hydroxylation sites is 1. The molecule has 25 heavy (non-hydrogen) atoms. The molecule has 2 aromatic rings. The van der Waals surface area contributed by atoms with Gasteiger partial charge in [-0.25, -0.2) is 9.36 Å². The molecule has 2 aromatic carbocycles. The maximum Gasteiger partial charge on any atom is 0.524 e. The minimum absolute atomic E-state index is 0.0753. The van der Waals surface area contributed by atoms with Gasteiger partial charge in [0.15, 0.2) is 0 Å². The number of carbonyl (C=O) groups excluding carboxylic acids is 1. The number of phosphoric ester groups is 1. The molecule has 1 unspecified atom stereocenters. The molecule has 2 rings (SSSR count). The summed E-state index contributed by atoms with van der Waals surface area (Å²) in [6.07, 6.45) is 0. The highest BCUT2D eigenvalue weighted by Gasteiger charge is 2.18. The van der Waals surface area contributed by atoms with Gasteiger partial charge < -0.3 is 9.26 Å². The van der Waals surface area contributed by atoms with Gasteiger partial charge >= 0.3 is 13.8 Å². The van der Waals surface area contributed by atoms with E-state index in [9.17, 15) is 9.36 Å². The minimum Gasteiger partial charge on any atom is -0.423 e. The molecule has 0 radical (unpaired) electrons. The lowest BCUT2D eigenvalue weighted by Crippen LogP contribution is -2.10. The fourth-order valence-electron chi connectivity index (χ4n) is 2.25.